The first-order valence-electron chi connectivity index (χ1n) is 7.25. The van der Waals surface area contributed by atoms with Crippen molar-refractivity contribution in [3.05, 3.63) is 70.8 Å². The van der Waals surface area contributed by atoms with Crippen LogP contribution in [0.3, 0.4) is 0 Å². The molecule has 2 nitrogen and oxygen atoms in total. The zero-order chi connectivity index (χ0) is 16.1. The fraction of sp³-hybridized carbons (Fsp3) is 0.333. The molecule has 0 saturated carbocycles. The van der Waals surface area contributed by atoms with Crippen LogP contribution in [0.4, 0.5) is 0 Å². The van der Waals surface area contributed by atoms with Gasteiger partial charge in [0.25, 0.3) is 0 Å². The summed E-state index contributed by atoms with van der Waals surface area (Å²) in [5, 5.41) is -0.254. The lowest BCUT2D eigenvalue weighted by Gasteiger charge is -2.31. The molecule has 0 aromatic heterocycles. The van der Waals surface area contributed by atoms with E-state index in [0.717, 1.165) is 22.3 Å². The molecule has 0 aliphatic heterocycles. The summed E-state index contributed by atoms with van der Waals surface area (Å²) in [6, 6.07) is 16.1. The maximum atomic E-state index is 13.0. The Kier molecular flexibility index (Phi) is 6.48. The van der Waals surface area contributed by atoms with E-state index in [4.69, 9.17) is 0 Å². The molecule has 0 N–H and O–H groups in total. The second-order valence-corrected chi connectivity index (χ2v) is 12.8. The molecule has 0 unspecified atom stereocenters. The van der Waals surface area contributed by atoms with Crippen LogP contribution in [-0.2, 0) is 28.3 Å². The number of benzene rings is 2. The van der Waals surface area contributed by atoms with Crippen LogP contribution in [-0.4, -0.2) is 25.0 Å². The van der Waals surface area contributed by atoms with Crippen molar-refractivity contribution in [2.75, 3.05) is 25.0 Å². The molecule has 0 saturated heterocycles. The van der Waals surface area contributed by atoms with Crippen LogP contribution in [0, 0.1) is 0 Å². The Morgan fingerprint density at radius 2 is 0.792 bits per heavy atom. The largest absolute Gasteiger partial charge is 1.00 e. The molecule has 132 valence electrons. The molecule has 0 spiro atoms. The number of fused-ring (bicyclic) bond motifs is 2. The van der Waals surface area contributed by atoms with Crippen molar-refractivity contribution in [2.24, 2.45) is 0 Å². The van der Waals surface area contributed by atoms with Gasteiger partial charge in [0.2, 0.25) is 0 Å². The molecule has 2 aromatic carbocycles. The second-order valence-electron chi connectivity index (χ2n) is 6.64. The minimum Gasteiger partial charge on any atom is -1.00 e. The van der Waals surface area contributed by atoms with Crippen LogP contribution < -0.4 is 24.8 Å². The van der Waals surface area contributed by atoms with E-state index in [-0.39, 0.29) is 35.3 Å². The monoisotopic (exact) mass is 404 g/mol. The fourth-order valence-electron chi connectivity index (χ4n) is 3.54. The Morgan fingerprint density at radius 3 is 0.958 bits per heavy atom. The third-order valence-electron chi connectivity index (χ3n) is 4.26. The molecule has 0 heterocycles. The summed E-state index contributed by atoms with van der Waals surface area (Å²) in [5.41, 5.74) is 4.27. The smallest absolute Gasteiger partial charge is 0.172 e. The maximum absolute atomic E-state index is 13.0. The van der Waals surface area contributed by atoms with Gasteiger partial charge in [-0.25, -0.2) is 0 Å². The summed E-state index contributed by atoms with van der Waals surface area (Å²) in [5.74, 6) is 0. The molecular weight excluding hydrogens is 383 g/mol. The molecule has 3 rings (SSSR count). The molecule has 2 aromatic rings. The van der Waals surface area contributed by atoms with Crippen molar-refractivity contribution in [3.63, 3.8) is 0 Å². The standard InChI is InChI=1S/C18H22O2S2.2ClH/c1-21(2,19)17-13-9-5-7-11-15(13)18(22(3,4)20)16-12-8-6-10-14(16)17;;/h5-12,17-18H,1-4H3;2*1H/q+2;;/p-2. The Hall–Kier alpha value is -0.680. The van der Waals surface area contributed by atoms with Gasteiger partial charge in [0.05, 0.1) is 19.9 Å². The third-order valence-corrected chi connectivity index (χ3v) is 7.54. The van der Waals surface area contributed by atoms with Crippen molar-refractivity contribution in [1.29, 1.82) is 0 Å². The Bertz CT molecular complexity index is 708. The first kappa shape index (κ1) is 21.4. The van der Waals surface area contributed by atoms with E-state index in [1.807, 2.05) is 73.6 Å². The van der Waals surface area contributed by atoms with E-state index in [2.05, 4.69) is 0 Å². The Morgan fingerprint density at radius 1 is 0.583 bits per heavy atom. The van der Waals surface area contributed by atoms with E-state index >= 15 is 0 Å². The molecular formula is C18H22Cl2O2S2. The molecule has 0 fully saturated rings. The first-order valence-corrected chi connectivity index (χ1v) is 12.1. The van der Waals surface area contributed by atoms with Crippen LogP contribution in [0.1, 0.15) is 32.8 Å². The van der Waals surface area contributed by atoms with E-state index in [1.165, 1.54) is 0 Å². The average molecular weight is 405 g/mol. The third kappa shape index (κ3) is 3.62. The quantitative estimate of drug-likeness (QED) is 0.527. The SMILES string of the molecule is C[S+](C)(=O)C1c2ccccc2C([S+](C)(C)=O)c2ccccc21.[Cl-].[Cl-]. The van der Waals surface area contributed by atoms with Gasteiger partial charge in [-0.15, -0.1) is 8.42 Å². The lowest BCUT2D eigenvalue weighted by Crippen LogP contribution is -3.00. The van der Waals surface area contributed by atoms with Gasteiger partial charge in [-0.2, -0.15) is 0 Å². The molecule has 1 aliphatic rings. The van der Waals surface area contributed by atoms with Crippen LogP contribution in [0.5, 0.6) is 0 Å². The van der Waals surface area contributed by atoms with Crippen molar-refractivity contribution >= 4 is 19.9 Å². The molecule has 24 heavy (non-hydrogen) atoms. The summed E-state index contributed by atoms with van der Waals surface area (Å²) in [6.45, 7) is 0. The van der Waals surface area contributed by atoms with Gasteiger partial charge in [-0.1, -0.05) is 48.5 Å². The molecule has 0 amide bonds. The Balaban J connectivity index is 0.00000144. The zero-order valence-corrected chi connectivity index (χ0v) is 17.3. The average Bonchev–Trinajstić information content (AvgIpc) is 2.41. The highest BCUT2D eigenvalue weighted by Crippen LogP contribution is 2.49. The molecule has 0 radical (unpaired) electrons. The molecule has 0 bridgehead atoms. The van der Waals surface area contributed by atoms with Crippen LogP contribution >= 0.6 is 0 Å². The number of rotatable bonds is 2. The van der Waals surface area contributed by atoms with Crippen molar-refractivity contribution in [2.45, 2.75) is 10.5 Å². The minimum absolute atomic E-state index is 0. The highest BCUT2D eigenvalue weighted by molar-refractivity contribution is 8.02. The predicted molar refractivity (Wildman–Crippen MR) is 96.4 cm³/mol. The molecule has 1 aliphatic carbocycles. The van der Waals surface area contributed by atoms with Gasteiger partial charge < -0.3 is 24.8 Å². The summed E-state index contributed by atoms with van der Waals surface area (Å²) < 4.78 is 25.9. The van der Waals surface area contributed by atoms with E-state index < -0.39 is 19.9 Å². The molecule has 6 heteroatoms. The minimum atomic E-state index is -2.06. The van der Waals surface area contributed by atoms with Gasteiger partial charge >= 0.3 is 0 Å². The van der Waals surface area contributed by atoms with Crippen LogP contribution in [0.2, 0.25) is 0 Å². The first-order chi connectivity index (χ1) is 10.2. The van der Waals surface area contributed by atoms with Crippen molar-refractivity contribution in [3.8, 4) is 0 Å². The van der Waals surface area contributed by atoms with Crippen molar-refractivity contribution in [1.82, 2.24) is 0 Å². The number of hydrogen-bond acceptors (Lipinski definition) is 2. The number of hydrogen-bond donors (Lipinski definition) is 0. The molecule has 0 atom stereocenters. The highest BCUT2D eigenvalue weighted by atomic mass is 35.5. The van der Waals surface area contributed by atoms with E-state index in [9.17, 15) is 8.42 Å². The van der Waals surface area contributed by atoms with Gasteiger partial charge in [0, 0.05) is 22.3 Å². The maximum Gasteiger partial charge on any atom is 0.172 e. The predicted octanol–water partition coefficient (Wildman–Crippen LogP) is -2.29. The number of halogens is 2. The van der Waals surface area contributed by atoms with Crippen LogP contribution in [0.15, 0.2) is 48.5 Å². The topological polar surface area (TPSA) is 34.1 Å². The fourth-order valence-corrected chi connectivity index (χ4v) is 6.84. The second kappa shape index (κ2) is 7.28. The summed E-state index contributed by atoms with van der Waals surface area (Å²) in [4.78, 5) is 0. The summed E-state index contributed by atoms with van der Waals surface area (Å²) in [7, 11) is -4.13. The lowest BCUT2D eigenvalue weighted by molar-refractivity contribution is -0.00100. The van der Waals surface area contributed by atoms with E-state index in [1.54, 1.807) is 0 Å². The van der Waals surface area contributed by atoms with Gasteiger partial charge in [0.15, 0.2) is 10.5 Å². The van der Waals surface area contributed by atoms with E-state index in [0.29, 0.717) is 0 Å². The van der Waals surface area contributed by atoms with Crippen molar-refractivity contribution < 1.29 is 33.2 Å². The summed E-state index contributed by atoms with van der Waals surface area (Å²) in [6.07, 6.45) is 7.28. The zero-order valence-electron chi connectivity index (χ0n) is 14.2. The van der Waals surface area contributed by atoms with Crippen LogP contribution in [0.25, 0.3) is 0 Å². The highest BCUT2D eigenvalue weighted by Gasteiger charge is 2.47. The summed E-state index contributed by atoms with van der Waals surface area (Å²) >= 11 is 0. The Labute approximate surface area is 159 Å². The van der Waals surface area contributed by atoms with Gasteiger partial charge in [-0.05, 0) is 0 Å². The lowest BCUT2D eigenvalue weighted by atomic mass is 9.85. The van der Waals surface area contributed by atoms with Gasteiger partial charge in [-0.3, -0.25) is 0 Å². The van der Waals surface area contributed by atoms with Gasteiger partial charge in [0.1, 0.15) is 25.0 Å². The normalized spacial score (nSPS) is 19.3.